The van der Waals surface area contributed by atoms with Gasteiger partial charge in [-0.1, -0.05) is 0 Å². The van der Waals surface area contributed by atoms with Crippen LogP contribution in [0, 0.1) is 0 Å². The van der Waals surface area contributed by atoms with Gasteiger partial charge in [0.1, 0.15) is 227 Å². The molecule has 30 fully saturated rings. The first-order valence-electron chi connectivity index (χ1n) is 36.5. The molecule has 752 valence electrons. The summed E-state index contributed by atoms with van der Waals surface area (Å²) in [6.07, 6.45) is -96.8. The molecule has 0 spiro atoms. The topological polar surface area (TPSA) is 929 Å². The van der Waals surface area contributed by atoms with Gasteiger partial charge in [-0.15, -0.1) is 94.1 Å². The van der Waals surface area contributed by atoms with E-state index in [0.29, 0.717) is 0 Å². The van der Waals surface area contributed by atoms with E-state index in [2.05, 4.69) is 0 Å². The summed E-state index contributed by atoms with van der Waals surface area (Å²) in [6, 6.07) is 0. The Morgan fingerprint density at radius 2 is 0.235 bits per heavy atom. The van der Waals surface area contributed by atoms with Crippen molar-refractivity contribution in [1.82, 2.24) is 0 Å². The van der Waals surface area contributed by atoms with Crippen molar-refractivity contribution in [2.24, 2.45) is 0 Å². The predicted molar refractivity (Wildman–Crippen MR) is 421 cm³/mol. The van der Waals surface area contributed by atoms with Crippen LogP contribution in [0.25, 0.3) is 0 Å². The minimum Gasteiger partial charge on any atom is -0.747 e. The zero-order chi connectivity index (χ0) is 95.4. The molecule has 0 amide bonds. The zero-order valence-electron chi connectivity index (χ0n) is 72.4. The Kier molecular flexibility index (Phi) is 65.5. The van der Waals surface area contributed by atoms with Crippen molar-refractivity contribution in [3.8, 4) is 0 Å². The average Bonchev–Trinajstić information content (AvgIpc) is 0.768. The smallest absolute Gasteiger partial charge is 0.747 e. The quantitative estimate of drug-likeness (QED) is 0.0220. The monoisotopic (exact) mass is 2350 g/mol. The summed E-state index contributed by atoms with van der Waals surface area (Å²) in [7, 11) is -41.7. The molecule has 30 aliphatic heterocycles. The predicted octanol–water partition coefficient (Wildman–Crippen LogP) is -39.4. The van der Waals surface area contributed by atoms with Crippen LogP contribution in [-0.4, -0.2) is 518 Å². The first kappa shape index (κ1) is 143. The van der Waals surface area contributed by atoms with E-state index in [9.17, 15) is 185 Å². The van der Waals surface area contributed by atoms with Gasteiger partial charge in [0, 0.05) is 46.0 Å². The van der Waals surface area contributed by atoms with Gasteiger partial charge in [-0.05, 0) is 0 Å². The molecule has 40 atom stereocenters. The summed E-state index contributed by atoms with van der Waals surface area (Å²) in [5.41, 5.74) is 0. The van der Waals surface area contributed by atoms with Gasteiger partial charge in [0.25, 0.3) is 0 Å². The molecule has 0 aromatic heterocycles. The Morgan fingerprint density at radius 1 is 0.154 bits per heavy atom. The van der Waals surface area contributed by atoms with Gasteiger partial charge in [-0.2, -0.15) is 0 Å². The molecule has 56 nitrogen and oxygen atoms in total. The van der Waals surface area contributed by atoms with Crippen molar-refractivity contribution >= 4 is 175 Å². The Hall–Kier alpha value is 8.80. The minimum absolute atomic E-state index is 0. The van der Waals surface area contributed by atoms with Gasteiger partial charge in [0.2, 0.25) is 0 Å². The molecular weight excluding hydrogens is 2270 g/mol. The Bertz CT molecular complexity index is 3730. The van der Waals surface area contributed by atoms with Gasteiger partial charge < -0.3 is 194 Å². The minimum atomic E-state index is -5.22. The summed E-state index contributed by atoms with van der Waals surface area (Å²) >= 11 is 1.46. The standard InChI is InChI=1S/C56H96O56S16.8Na/c57-25-33(65)49-97-17(1-113-9-121(73,74)75)41(25)105-50-34(66)26(58)43(19(98-50)3-115-11-123(79,80)81)107-52-36(68)28(60)45(21(100-52)5-117-13-125(85,86)87)109-54-38(70)30(62)47(23(102-54)7-119-15-127(91,92)93)111-56-40(72)32(64)48(24(104-56)8-120-16-128(94,95)96)112-55-39(71)31(63)46(22(103-55)6-118-14-126(88,89)90)110-53-37(69)29(61)44(20(101-53)4-116-12-124(82,83)84)108-51-35(67)27(59)42(106-49)18(99-51)2-114-10-122(76,77)78;;;;;;;;/h17-72H,1-16H2,(H,73,74,75)(H,76,77,78)(H,79,80,81)(H,82,83,84)(H,85,86,87)(H,88,89,90)(H,91,92,93)(H,94,95,96);;;;;;;;/q;8*+1/p-8/t17-,18-,19-,20-,21-,22-,23-,24-,25-,26-,27-,28-,29-,30-,31-,32-,33-,34-,35-,36-,37-,38-,39-,40+,41-,42-,43-,44-,45-,46-,47-,48-,49-,50-,51-,52-,53-,54-,55-,56-;;;;;;;;/m0......../s1. The first-order valence-corrected chi connectivity index (χ1v) is 58.4. The van der Waals surface area contributed by atoms with Gasteiger partial charge in [-0.25, -0.2) is 67.3 Å². The molecule has 16 N–H and O–H groups in total. The fourth-order valence-electron chi connectivity index (χ4n) is 13.9. The SMILES string of the molecule is O=S(=O)([O-])CSC[C@@H]1O[C@H]2O[C@@H]3[C@@H](O)[C@H](O)[C@H](O[C@@H]4[C@@H](O)[C@H](O)[C@H](O[C@@H]5[C@@H](O)[C@H](O)[C@H](O[C@@H]6[C@@H](O)[C@@H](O)[C@H](O[C@@H]7[C@@H](O)[C@H](O)[C@H](O[C@@H]8[C@@H](O)[C@H](O)[C@H](O[C@@H]9[C@@H](O)[C@H](O)[C@H](O[C@@H]1[C@@H](O)[C@@H]2O)O[C@H]9CSCS(=O)(=O)[O-])O[C@H]8CSCS(=O)(=O)[O-])O[C@H]7CSCS(=O)(=O)[O-])O[C@H]6CSCS(=O)(=O)[O-])O[C@H]5CSCS(=O)(=O)[O-])O[C@H]4CSCS(=O)(=O)[O-])O[C@H]3CSCS(=O)(=O)[O-].[Na+].[Na+].[Na+].[Na+].[Na+].[Na+].[Na+].[Na+]. The number of thioether (sulfide) groups is 8. The maximum atomic E-state index is 12.1. The van der Waals surface area contributed by atoms with E-state index in [0.717, 1.165) is 0 Å². The summed E-state index contributed by atoms with van der Waals surface area (Å²) in [6.45, 7) is 0. The van der Waals surface area contributed by atoms with E-state index < -0.39 is 413 Å². The van der Waals surface area contributed by atoms with Crippen molar-refractivity contribution < 1.29 is 498 Å². The van der Waals surface area contributed by atoms with Crippen molar-refractivity contribution in [3.63, 3.8) is 0 Å². The third kappa shape index (κ3) is 43.5. The number of hydrogen-bond donors (Lipinski definition) is 16. The van der Waals surface area contributed by atoms with Crippen molar-refractivity contribution in [3.05, 3.63) is 0 Å². The third-order valence-electron chi connectivity index (χ3n) is 19.5. The Morgan fingerprint density at radius 3 is 0.309 bits per heavy atom. The van der Waals surface area contributed by atoms with Crippen LogP contribution in [0.1, 0.15) is 0 Å². The molecule has 0 saturated carbocycles. The molecule has 0 aromatic carbocycles. The van der Waals surface area contributed by atoms with Crippen LogP contribution < -0.4 is 236 Å². The van der Waals surface area contributed by atoms with Crippen LogP contribution in [0.2, 0.25) is 0 Å². The summed E-state index contributed by atoms with van der Waals surface area (Å²) < 4.78 is 383. The Balaban J connectivity index is 0.0000116. The number of aliphatic hydroxyl groups is 16. The maximum absolute atomic E-state index is 12.1. The maximum Gasteiger partial charge on any atom is 1.00 e. The average molecular weight is 2350 g/mol. The zero-order valence-corrected chi connectivity index (χ0v) is 101. The van der Waals surface area contributed by atoms with Gasteiger partial charge in [0.05, 0.1) is 89.5 Å². The number of ether oxygens (including phenoxy) is 16. The summed E-state index contributed by atoms with van der Waals surface area (Å²) in [5.74, 6) is -7.22. The Labute approximate surface area is 990 Å². The second kappa shape index (κ2) is 62.4. The normalized spacial score (nSPS) is 40.3. The van der Waals surface area contributed by atoms with Crippen LogP contribution in [-0.2, 0) is 157 Å². The molecule has 0 radical (unpaired) electrons. The van der Waals surface area contributed by atoms with Crippen LogP contribution in [0.5, 0.6) is 0 Å². The molecule has 0 aliphatic carbocycles. The molecule has 16 bridgehead atoms. The fraction of sp³-hybridized carbons (Fsp3) is 1.00. The largest absolute Gasteiger partial charge is 1.00 e. The molecule has 0 aromatic rings. The van der Waals surface area contributed by atoms with Crippen molar-refractivity contribution in [2.75, 3.05) is 86.7 Å². The van der Waals surface area contributed by atoms with Gasteiger partial charge >= 0.3 is 236 Å². The van der Waals surface area contributed by atoms with E-state index in [1.54, 1.807) is 0 Å². The van der Waals surface area contributed by atoms with Crippen LogP contribution in [0.3, 0.4) is 0 Å². The molecule has 0 unspecified atom stereocenters. The first-order chi connectivity index (χ1) is 59.1. The molecule has 30 saturated heterocycles. The van der Waals surface area contributed by atoms with E-state index in [1.165, 1.54) is 0 Å². The second-order valence-corrected chi connectivity index (χ2v) is 51.8. The van der Waals surface area contributed by atoms with Crippen LogP contribution in [0.4, 0.5) is 0 Å². The fourth-order valence-corrected chi connectivity index (χ4v) is 27.5. The number of rotatable bonds is 32. The van der Waals surface area contributed by atoms with Crippen molar-refractivity contribution in [1.29, 1.82) is 0 Å². The van der Waals surface area contributed by atoms with E-state index in [-0.39, 0.29) is 331 Å². The number of aliphatic hydroxyl groups excluding tert-OH is 16. The number of hydrogen-bond acceptors (Lipinski definition) is 64. The van der Waals surface area contributed by atoms with Crippen LogP contribution in [0.15, 0.2) is 0 Å². The molecule has 30 rings (SSSR count). The molecule has 136 heavy (non-hydrogen) atoms. The van der Waals surface area contributed by atoms with Gasteiger partial charge in [0.15, 0.2) is 50.3 Å². The van der Waals surface area contributed by atoms with E-state index in [4.69, 9.17) is 75.8 Å². The summed E-state index contributed by atoms with van der Waals surface area (Å²) in [5, 5.41) is 181. The van der Waals surface area contributed by atoms with E-state index >= 15 is 0 Å². The van der Waals surface area contributed by atoms with Gasteiger partial charge in [-0.3, -0.25) is 0 Å². The molecule has 30 heterocycles. The molecule has 30 aliphatic rings. The van der Waals surface area contributed by atoms with E-state index in [1.807, 2.05) is 0 Å². The second-order valence-electron chi connectivity index (χ2n) is 29.4. The summed E-state index contributed by atoms with van der Waals surface area (Å²) in [4.78, 5) is 0. The third-order valence-corrected chi connectivity index (χ3v) is 38.6. The van der Waals surface area contributed by atoms with Crippen LogP contribution >= 0.6 is 94.1 Å². The van der Waals surface area contributed by atoms with Crippen molar-refractivity contribution in [2.45, 2.75) is 246 Å². The molecule has 80 heteroatoms. The molecular formula is C56H88Na8O56S16.